The predicted molar refractivity (Wildman–Crippen MR) is 57.9 cm³/mol. The first kappa shape index (κ1) is 12.7. The number of rotatable bonds is 7. The average molecular weight is 227 g/mol. The Morgan fingerprint density at radius 1 is 1.62 bits per heavy atom. The molecule has 1 heterocycles. The van der Waals surface area contributed by atoms with Crippen LogP contribution in [0.15, 0.2) is 12.4 Å². The second-order valence-electron chi connectivity index (χ2n) is 3.53. The highest BCUT2D eigenvalue weighted by molar-refractivity contribution is 5.69. The summed E-state index contributed by atoms with van der Waals surface area (Å²) in [5.41, 5.74) is 0.955. The lowest BCUT2D eigenvalue weighted by Crippen LogP contribution is -2.28. The zero-order valence-electron chi connectivity index (χ0n) is 9.33. The maximum Gasteiger partial charge on any atom is 0.317 e. The Hall–Kier alpha value is -1.40. The number of aliphatic hydroxyl groups excluding tert-OH is 1. The van der Waals surface area contributed by atoms with Crippen LogP contribution in [0.5, 0.6) is 0 Å². The summed E-state index contributed by atoms with van der Waals surface area (Å²) in [6.07, 6.45) is 3.51. The van der Waals surface area contributed by atoms with Gasteiger partial charge in [0, 0.05) is 18.3 Å². The van der Waals surface area contributed by atoms with Crippen molar-refractivity contribution in [3.8, 4) is 0 Å². The van der Waals surface area contributed by atoms with Gasteiger partial charge in [-0.1, -0.05) is 6.92 Å². The number of aromatic nitrogens is 2. The number of nitrogens with zero attached hydrogens (tertiary/aromatic N) is 3. The van der Waals surface area contributed by atoms with Crippen LogP contribution in [0.2, 0.25) is 0 Å². The van der Waals surface area contributed by atoms with Gasteiger partial charge in [0.15, 0.2) is 0 Å². The molecule has 0 amide bonds. The van der Waals surface area contributed by atoms with E-state index in [1.54, 1.807) is 10.9 Å². The Labute approximate surface area is 94.1 Å². The number of carbonyl (C=O) groups is 1. The van der Waals surface area contributed by atoms with Gasteiger partial charge in [-0.25, -0.2) is 0 Å². The summed E-state index contributed by atoms with van der Waals surface area (Å²) in [5, 5.41) is 21.5. The summed E-state index contributed by atoms with van der Waals surface area (Å²) in [4.78, 5) is 12.4. The van der Waals surface area contributed by atoms with Crippen LogP contribution in [0.25, 0.3) is 0 Å². The minimum Gasteiger partial charge on any atom is -0.480 e. The van der Waals surface area contributed by atoms with Gasteiger partial charge in [-0.3, -0.25) is 14.4 Å². The molecule has 1 aromatic heterocycles. The molecule has 0 aliphatic heterocycles. The van der Waals surface area contributed by atoms with Crippen molar-refractivity contribution >= 4 is 5.97 Å². The largest absolute Gasteiger partial charge is 0.480 e. The number of hydrogen-bond acceptors (Lipinski definition) is 4. The Bertz CT molecular complexity index is 338. The van der Waals surface area contributed by atoms with Crippen LogP contribution in [-0.4, -0.2) is 50.6 Å². The van der Waals surface area contributed by atoms with E-state index >= 15 is 0 Å². The predicted octanol–water partition coefficient (Wildman–Crippen LogP) is -0.218. The van der Waals surface area contributed by atoms with Crippen molar-refractivity contribution in [3.05, 3.63) is 18.0 Å². The zero-order valence-corrected chi connectivity index (χ0v) is 9.33. The molecule has 0 saturated heterocycles. The topological polar surface area (TPSA) is 78.6 Å². The summed E-state index contributed by atoms with van der Waals surface area (Å²) < 4.78 is 1.64. The van der Waals surface area contributed by atoms with E-state index in [4.69, 9.17) is 10.2 Å². The van der Waals surface area contributed by atoms with Gasteiger partial charge in [0.1, 0.15) is 0 Å². The molecule has 0 aromatic carbocycles. The maximum atomic E-state index is 10.6. The van der Waals surface area contributed by atoms with Gasteiger partial charge in [0.05, 0.1) is 25.9 Å². The molecule has 2 N–H and O–H groups in total. The second-order valence-corrected chi connectivity index (χ2v) is 3.53. The number of aliphatic carboxylic acids is 1. The molecule has 1 rings (SSSR count). The normalized spacial score (nSPS) is 10.9. The van der Waals surface area contributed by atoms with E-state index in [1.807, 2.05) is 18.0 Å². The molecule has 16 heavy (non-hydrogen) atoms. The second kappa shape index (κ2) is 6.24. The first-order valence-electron chi connectivity index (χ1n) is 5.22. The van der Waals surface area contributed by atoms with Gasteiger partial charge < -0.3 is 10.2 Å². The molecule has 0 aliphatic rings. The van der Waals surface area contributed by atoms with Crippen molar-refractivity contribution in [1.29, 1.82) is 0 Å². The van der Waals surface area contributed by atoms with E-state index < -0.39 is 5.97 Å². The Morgan fingerprint density at radius 2 is 2.38 bits per heavy atom. The molecule has 0 fully saturated rings. The molecule has 1 aromatic rings. The number of carboxylic acids is 1. The fourth-order valence-electron chi connectivity index (χ4n) is 1.44. The molecule has 6 nitrogen and oxygen atoms in total. The SMILES string of the molecule is CCN(CC(=O)O)Cc1cnn(CCO)c1. The van der Waals surface area contributed by atoms with Crippen LogP contribution in [0, 0.1) is 0 Å². The van der Waals surface area contributed by atoms with Crippen LogP contribution >= 0.6 is 0 Å². The van der Waals surface area contributed by atoms with Crippen LogP contribution in [0.1, 0.15) is 12.5 Å². The molecule has 90 valence electrons. The van der Waals surface area contributed by atoms with E-state index in [0.717, 1.165) is 5.56 Å². The molecule has 0 unspecified atom stereocenters. The first-order chi connectivity index (χ1) is 7.65. The van der Waals surface area contributed by atoms with Gasteiger partial charge >= 0.3 is 5.97 Å². The molecule has 6 heteroatoms. The van der Waals surface area contributed by atoms with Gasteiger partial charge in [0.25, 0.3) is 0 Å². The summed E-state index contributed by atoms with van der Waals surface area (Å²) in [7, 11) is 0. The highest BCUT2D eigenvalue weighted by Crippen LogP contribution is 2.03. The summed E-state index contributed by atoms with van der Waals surface area (Å²) >= 11 is 0. The Kier molecular flexibility index (Phi) is 4.94. The van der Waals surface area contributed by atoms with Crippen molar-refractivity contribution in [2.45, 2.75) is 20.0 Å². The fraction of sp³-hybridized carbons (Fsp3) is 0.600. The van der Waals surface area contributed by atoms with Gasteiger partial charge in [-0.15, -0.1) is 0 Å². The smallest absolute Gasteiger partial charge is 0.317 e. The third kappa shape index (κ3) is 4.00. The quantitative estimate of drug-likeness (QED) is 0.673. The van der Waals surface area contributed by atoms with Crippen LogP contribution < -0.4 is 0 Å². The van der Waals surface area contributed by atoms with E-state index in [2.05, 4.69) is 5.10 Å². The van der Waals surface area contributed by atoms with Crippen LogP contribution in [0.4, 0.5) is 0 Å². The van der Waals surface area contributed by atoms with Crippen molar-refractivity contribution in [3.63, 3.8) is 0 Å². The minimum absolute atomic E-state index is 0.0294. The van der Waals surface area contributed by atoms with Crippen LogP contribution in [0.3, 0.4) is 0 Å². The monoisotopic (exact) mass is 227 g/mol. The molecular weight excluding hydrogens is 210 g/mol. The molecule has 0 spiro atoms. The Balaban J connectivity index is 2.52. The minimum atomic E-state index is -0.829. The van der Waals surface area contributed by atoms with Crippen molar-refractivity contribution in [1.82, 2.24) is 14.7 Å². The lowest BCUT2D eigenvalue weighted by atomic mass is 10.3. The highest BCUT2D eigenvalue weighted by atomic mass is 16.4. The van der Waals surface area contributed by atoms with Crippen LogP contribution in [-0.2, 0) is 17.9 Å². The molecular formula is C10H17N3O3. The number of carboxylic acid groups (broad SMARTS) is 1. The average Bonchev–Trinajstić information content (AvgIpc) is 2.64. The lowest BCUT2D eigenvalue weighted by Gasteiger charge is -2.16. The van der Waals surface area contributed by atoms with Crippen molar-refractivity contribution in [2.75, 3.05) is 19.7 Å². The number of likely N-dealkylation sites (N-methyl/N-ethyl adjacent to an activating group) is 1. The fourth-order valence-corrected chi connectivity index (χ4v) is 1.44. The summed E-state index contributed by atoms with van der Waals surface area (Å²) in [6.45, 7) is 3.70. The highest BCUT2D eigenvalue weighted by Gasteiger charge is 2.09. The van der Waals surface area contributed by atoms with Crippen molar-refractivity contribution in [2.24, 2.45) is 0 Å². The maximum absolute atomic E-state index is 10.6. The van der Waals surface area contributed by atoms with E-state index in [0.29, 0.717) is 19.6 Å². The van der Waals surface area contributed by atoms with Gasteiger partial charge in [-0.2, -0.15) is 5.10 Å². The molecule has 0 atom stereocenters. The third-order valence-electron chi connectivity index (χ3n) is 2.23. The number of aliphatic hydroxyl groups is 1. The van der Waals surface area contributed by atoms with Gasteiger partial charge in [-0.05, 0) is 6.54 Å². The molecule has 0 saturated carbocycles. The molecule has 0 bridgehead atoms. The summed E-state index contributed by atoms with van der Waals surface area (Å²) in [5.74, 6) is -0.829. The lowest BCUT2D eigenvalue weighted by molar-refractivity contribution is -0.138. The van der Waals surface area contributed by atoms with Gasteiger partial charge in [0.2, 0.25) is 0 Å². The standard InChI is InChI=1S/C10H17N3O3/c1-2-12(8-10(15)16)6-9-5-11-13(7-9)3-4-14/h5,7,14H,2-4,6,8H2,1H3,(H,15,16). The number of hydrogen-bond donors (Lipinski definition) is 2. The van der Waals surface area contributed by atoms with E-state index in [9.17, 15) is 4.79 Å². The first-order valence-corrected chi connectivity index (χ1v) is 5.22. The Morgan fingerprint density at radius 3 is 2.94 bits per heavy atom. The third-order valence-corrected chi connectivity index (χ3v) is 2.23. The molecule has 0 radical (unpaired) electrons. The zero-order chi connectivity index (χ0) is 12.0. The van der Waals surface area contributed by atoms with E-state index in [1.165, 1.54) is 0 Å². The van der Waals surface area contributed by atoms with E-state index in [-0.39, 0.29) is 13.2 Å². The molecule has 0 aliphatic carbocycles. The van der Waals surface area contributed by atoms with Crippen molar-refractivity contribution < 1.29 is 15.0 Å². The summed E-state index contributed by atoms with van der Waals surface area (Å²) in [6, 6.07) is 0.